The summed E-state index contributed by atoms with van der Waals surface area (Å²) in [5, 5.41) is 6.60. The zero-order chi connectivity index (χ0) is 22.6. The second kappa shape index (κ2) is 14.7. The molecule has 0 radical (unpaired) electrons. The summed E-state index contributed by atoms with van der Waals surface area (Å²) in [4.78, 5) is 6.83. The van der Waals surface area contributed by atoms with Crippen LogP contribution in [0.5, 0.6) is 17.2 Å². The van der Waals surface area contributed by atoms with Crippen LogP contribution in [0, 0.1) is 5.82 Å². The van der Waals surface area contributed by atoms with E-state index in [1.54, 1.807) is 21.3 Å². The van der Waals surface area contributed by atoms with Crippen molar-refractivity contribution in [2.24, 2.45) is 4.99 Å². The Labute approximate surface area is 207 Å². The molecule has 2 rings (SSSR count). The van der Waals surface area contributed by atoms with Crippen molar-refractivity contribution in [3.8, 4) is 17.2 Å². The summed E-state index contributed by atoms with van der Waals surface area (Å²) >= 11 is 0. The molecule has 0 heterocycles. The van der Waals surface area contributed by atoms with E-state index in [-0.39, 0.29) is 29.8 Å². The van der Waals surface area contributed by atoms with Crippen LogP contribution in [0.2, 0.25) is 0 Å². The molecule has 0 saturated carbocycles. The largest absolute Gasteiger partial charge is 0.493 e. The van der Waals surface area contributed by atoms with E-state index < -0.39 is 0 Å². The lowest BCUT2D eigenvalue weighted by Gasteiger charge is -2.18. The first-order valence-electron chi connectivity index (χ1n) is 10.2. The van der Waals surface area contributed by atoms with Crippen molar-refractivity contribution < 1.29 is 18.6 Å². The van der Waals surface area contributed by atoms with Crippen LogP contribution >= 0.6 is 24.0 Å². The molecule has 0 atom stereocenters. The molecule has 0 aliphatic rings. The molecule has 2 aromatic rings. The number of hydrogen-bond donors (Lipinski definition) is 2. The highest BCUT2D eigenvalue weighted by Crippen LogP contribution is 2.38. The highest BCUT2D eigenvalue weighted by Gasteiger charge is 2.13. The Balaban J connectivity index is 0.00000512. The van der Waals surface area contributed by atoms with Gasteiger partial charge in [0.15, 0.2) is 17.5 Å². The molecule has 0 aliphatic carbocycles. The van der Waals surface area contributed by atoms with Gasteiger partial charge >= 0.3 is 0 Å². The Morgan fingerprint density at radius 3 is 2.12 bits per heavy atom. The molecule has 0 unspecified atom stereocenters. The minimum absolute atomic E-state index is 0. The van der Waals surface area contributed by atoms with Crippen molar-refractivity contribution in [2.45, 2.75) is 20.0 Å². The Morgan fingerprint density at radius 2 is 1.59 bits per heavy atom. The number of ether oxygens (including phenoxy) is 3. The van der Waals surface area contributed by atoms with Gasteiger partial charge in [0, 0.05) is 26.2 Å². The Kier molecular flexibility index (Phi) is 12.8. The molecule has 7 nitrogen and oxygen atoms in total. The fourth-order valence-corrected chi connectivity index (χ4v) is 3.08. The van der Waals surface area contributed by atoms with Crippen LogP contribution in [0.3, 0.4) is 0 Å². The maximum absolute atomic E-state index is 13.0. The van der Waals surface area contributed by atoms with Crippen molar-refractivity contribution in [3.05, 3.63) is 53.3 Å². The fourth-order valence-electron chi connectivity index (χ4n) is 3.08. The van der Waals surface area contributed by atoms with Gasteiger partial charge in [0.25, 0.3) is 0 Å². The van der Waals surface area contributed by atoms with Crippen molar-refractivity contribution in [2.75, 3.05) is 48.0 Å². The molecule has 0 saturated heterocycles. The number of hydrogen-bond acceptors (Lipinski definition) is 5. The minimum atomic E-state index is -0.216. The van der Waals surface area contributed by atoms with E-state index in [0.717, 1.165) is 43.3 Å². The normalized spacial score (nSPS) is 11.0. The fraction of sp³-hybridized carbons (Fsp3) is 0.435. The minimum Gasteiger partial charge on any atom is -0.493 e. The van der Waals surface area contributed by atoms with Crippen LogP contribution in [-0.2, 0) is 13.1 Å². The van der Waals surface area contributed by atoms with E-state index in [1.165, 1.54) is 12.1 Å². The highest BCUT2D eigenvalue weighted by molar-refractivity contribution is 14.0. The van der Waals surface area contributed by atoms with E-state index in [9.17, 15) is 4.39 Å². The number of guanidine groups is 1. The van der Waals surface area contributed by atoms with Gasteiger partial charge in [-0.1, -0.05) is 12.1 Å². The average Bonchev–Trinajstić information content (AvgIpc) is 2.78. The molecule has 178 valence electrons. The van der Waals surface area contributed by atoms with Gasteiger partial charge in [0.1, 0.15) is 5.82 Å². The topological polar surface area (TPSA) is 67.4 Å². The van der Waals surface area contributed by atoms with Crippen LogP contribution in [0.15, 0.2) is 41.4 Å². The van der Waals surface area contributed by atoms with Gasteiger partial charge in [-0.05, 0) is 49.4 Å². The standard InChI is InChI=1S/C23H33FN4O3.HI/c1-6-25-23(26-11-12-28(2)16-17-7-9-19(24)10-8-17)27-15-18-13-20(29-3)22(31-5)21(14-18)30-4;/h7-10,13-14H,6,11-12,15-16H2,1-5H3,(H2,25,26,27);1H. The quantitative estimate of drug-likeness (QED) is 0.249. The third-order valence-corrected chi connectivity index (χ3v) is 4.64. The van der Waals surface area contributed by atoms with Gasteiger partial charge in [-0.15, -0.1) is 24.0 Å². The zero-order valence-corrected chi connectivity index (χ0v) is 21.7. The van der Waals surface area contributed by atoms with Gasteiger partial charge in [-0.2, -0.15) is 0 Å². The lowest BCUT2D eigenvalue weighted by molar-refractivity contribution is 0.324. The predicted molar refractivity (Wildman–Crippen MR) is 137 cm³/mol. The lowest BCUT2D eigenvalue weighted by Crippen LogP contribution is -2.40. The summed E-state index contributed by atoms with van der Waals surface area (Å²) < 4.78 is 29.2. The molecule has 0 bridgehead atoms. The zero-order valence-electron chi connectivity index (χ0n) is 19.4. The Bertz CT molecular complexity index is 825. The summed E-state index contributed by atoms with van der Waals surface area (Å²) in [5.74, 6) is 2.28. The number of halogens is 2. The molecule has 0 amide bonds. The molecule has 0 fully saturated rings. The van der Waals surface area contributed by atoms with Crippen molar-refractivity contribution >= 4 is 29.9 Å². The number of aliphatic imine (C=N–C) groups is 1. The lowest BCUT2D eigenvalue weighted by atomic mass is 10.2. The molecule has 0 aromatic heterocycles. The van der Waals surface area contributed by atoms with E-state index >= 15 is 0 Å². The molecule has 0 aliphatic heterocycles. The van der Waals surface area contributed by atoms with Gasteiger partial charge in [0.2, 0.25) is 5.75 Å². The number of benzene rings is 2. The highest BCUT2D eigenvalue weighted by atomic mass is 127. The first-order valence-corrected chi connectivity index (χ1v) is 10.2. The summed E-state index contributed by atoms with van der Waals surface area (Å²) in [7, 11) is 6.81. The van der Waals surface area contributed by atoms with Crippen LogP contribution in [0.1, 0.15) is 18.1 Å². The maximum atomic E-state index is 13.0. The third-order valence-electron chi connectivity index (χ3n) is 4.64. The van der Waals surface area contributed by atoms with Crippen LogP contribution in [0.25, 0.3) is 0 Å². The second-order valence-corrected chi connectivity index (χ2v) is 7.02. The molecule has 9 heteroatoms. The van der Waals surface area contributed by atoms with E-state index in [4.69, 9.17) is 14.2 Å². The van der Waals surface area contributed by atoms with Gasteiger partial charge in [0.05, 0.1) is 27.9 Å². The van der Waals surface area contributed by atoms with E-state index in [0.29, 0.717) is 23.8 Å². The molecule has 0 spiro atoms. The van der Waals surface area contributed by atoms with Crippen molar-refractivity contribution in [3.63, 3.8) is 0 Å². The van der Waals surface area contributed by atoms with Crippen LogP contribution in [0.4, 0.5) is 4.39 Å². The predicted octanol–water partition coefficient (Wildman–Crippen LogP) is 3.66. The monoisotopic (exact) mass is 560 g/mol. The number of methoxy groups -OCH3 is 3. The SMILES string of the molecule is CCNC(=NCc1cc(OC)c(OC)c(OC)c1)NCCN(C)Cc1ccc(F)cc1.I. The summed E-state index contributed by atoms with van der Waals surface area (Å²) in [6.07, 6.45) is 0. The van der Waals surface area contributed by atoms with Gasteiger partial charge in [-0.25, -0.2) is 9.38 Å². The molecule has 2 N–H and O–H groups in total. The number of nitrogens with one attached hydrogen (secondary N) is 2. The Morgan fingerprint density at radius 1 is 0.969 bits per heavy atom. The molecular weight excluding hydrogens is 526 g/mol. The second-order valence-electron chi connectivity index (χ2n) is 7.02. The summed E-state index contributed by atoms with van der Waals surface area (Å²) in [5.41, 5.74) is 2.02. The van der Waals surface area contributed by atoms with E-state index in [2.05, 4.69) is 20.5 Å². The molecule has 32 heavy (non-hydrogen) atoms. The van der Waals surface area contributed by atoms with Crippen molar-refractivity contribution in [1.29, 1.82) is 0 Å². The van der Waals surface area contributed by atoms with Crippen LogP contribution < -0.4 is 24.8 Å². The molecule has 2 aromatic carbocycles. The third kappa shape index (κ3) is 8.70. The maximum Gasteiger partial charge on any atom is 0.203 e. The molecular formula is C23H34FIN4O3. The number of nitrogens with zero attached hydrogens (tertiary/aromatic N) is 2. The van der Waals surface area contributed by atoms with Gasteiger partial charge in [-0.3, -0.25) is 0 Å². The first-order chi connectivity index (χ1) is 15.0. The summed E-state index contributed by atoms with van der Waals surface area (Å²) in [6.45, 7) is 5.52. The number of likely N-dealkylation sites (N-methyl/N-ethyl adjacent to an activating group) is 1. The smallest absolute Gasteiger partial charge is 0.203 e. The average molecular weight is 560 g/mol. The van der Waals surface area contributed by atoms with Gasteiger partial charge < -0.3 is 29.7 Å². The van der Waals surface area contributed by atoms with E-state index in [1.807, 2.05) is 38.2 Å². The summed E-state index contributed by atoms with van der Waals surface area (Å²) in [6, 6.07) is 10.4. The number of rotatable bonds is 11. The Hall–Kier alpha value is -2.27. The van der Waals surface area contributed by atoms with Crippen molar-refractivity contribution in [1.82, 2.24) is 15.5 Å². The first kappa shape index (κ1) is 27.8. The van der Waals surface area contributed by atoms with Crippen LogP contribution in [-0.4, -0.2) is 58.9 Å².